The highest BCUT2D eigenvalue weighted by atomic mass is 32.2. The molecule has 1 unspecified atom stereocenters. The van der Waals surface area contributed by atoms with E-state index in [1.54, 1.807) is 24.1 Å². The highest BCUT2D eigenvalue weighted by Crippen LogP contribution is 2.24. The van der Waals surface area contributed by atoms with E-state index in [0.717, 1.165) is 23.3 Å². The van der Waals surface area contributed by atoms with Crippen LogP contribution in [0.5, 0.6) is 5.75 Å². The molecule has 0 N–H and O–H groups in total. The molecule has 3 rings (SSSR count). The average Bonchev–Trinajstić information content (AvgIpc) is 2.82. The monoisotopic (exact) mass is 444 g/mol. The molecule has 1 aliphatic rings. The first-order valence-electron chi connectivity index (χ1n) is 10.9. The van der Waals surface area contributed by atoms with Crippen LogP contribution in [0.3, 0.4) is 0 Å². The Morgan fingerprint density at radius 3 is 2.29 bits per heavy atom. The zero-order valence-electron chi connectivity index (χ0n) is 18.6. The van der Waals surface area contributed by atoms with Crippen molar-refractivity contribution in [2.45, 2.75) is 43.9 Å². The fourth-order valence-corrected chi connectivity index (χ4v) is 5.26. The van der Waals surface area contributed by atoms with Crippen LogP contribution >= 0.6 is 0 Å². The van der Waals surface area contributed by atoms with Crippen LogP contribution in [0.25, 0.3) is 0 Å². The van der Waals surface area contributed by atoms with E-state index in [9.17, 15) is 13.2 Å². The smallest absolute Gasteiger partial charge is 0.243 e. The van der Waals surface area contributed by atoms with E-state index in [1.165, 1.54) is 4.31 Å². The summed E-state index contributed by atoms with van der Waals surface area (Å²) in [7, 11) is -1.92. The number of hydrogen-bond acceptors (Lipinski definition) is 4. The van der Waals surface area contributed by atoms with Crippen LogP contribution in [0.4, 0.5) is 0 Å². The number of rotatable bonds is 8. The van der Waals surface area contributed by atoms with Gasteiger partial charge in [0.15, 0.2) is 0 Å². The predicted octanol–water partition coefficient (Wildman–Crippen LogP) is 3.67. The van der Waals surface area contributed by atoms with Crippen molar-refractivity contribution in [2.24, 2.45) is 0 Å². The summed E-state index contributed by atoms with van der Waals surface area (Å²) in [6.45, 7) is 5.70. The molecule has 0 bridgehead atoms. The molecule has 7 heteroatoms. The Balaban J connectivity index is 1.56. The molecule has 2 aromatic carbocycles. The molecule has 0 spiro atoms. The van der Waals surface area contributed by atoms with Crippen molar-refractivity contribution in [3.05, 3.63) is 59.7 Å². The molecule has 6 nitrogen and oxygen atoms in total. The van der Waals surface area contributed by atoms with Crippen LogP contribution in [0.1, 0.15) is 43.7 Å². The third-order valence-electron chi connectivity index (χ3n) is 6.09. The number of amides is 1. The summed E-state index contributed by atoms with van der Waals surface area (Å²) in [6, 6.07) is 14.9. The number of aryl methyl sites for hydroxylation is 1. The van der Waals surface area contributed by atoms with Gasteiger partial charge in [-0.05, 0) is 48.1 Å². The van der Waals surface area contributed by atoms with Gasteiger partial charge >= 0.3 is 0 Å². The summed E-state index contributed by atoms with van der Waals surface area (Å²) in [5.74, 6) is 1.23. The lowest BCUT2D eigenvalue weighted by Gasteiger charge is -2.34. The second-order valence-electron chi connectivity index (χ2n) is 7.98. The summed E-state index contributed by atoms with van der Waals surface area (Å²) in [4.78, 5) is 14.7. The Morgan fingerprint density at radius 1 is 1.03 bits per heavy atom. The van der Waals surface area contributed by atoms with Gasteiger partial charge in [-0.15, -0.1) is 0 Å². The fraction of sp³-hybridized carbons (Fsp3) is 0.458. The van der Waals surface area contributed by atoms with Gasteiger partial charge in [0, 0.05) is 32.6 Å². The second kappa shape index (κ2) is 10.3. The zero-order chi connectivity index (χ0) is 22.4. The number of nitrogens with zero attached hydrogens (tertiary/aromatic N) is 2. The molecule has 0 aromatic heterocycles. The van der Waals surface area contributed by atoms with E-state index in [1.807, 2.05) is 36.4 Å². The lowest BCUT2D eigenvalue weighted by Crippen LogP contribution is -2.50. The predicted molar refractivity (Wildman–Crippen MR) is 122 cm³/mol. The molecule has 168 valence electrons. The van der Waals surface area contributed by atoms with Crippen molar-refractivity contribution in [1.82, 2.24) is 9.21 Å². The summed E-state index contributed by atoms with van der Waals surface area (Å²) >= 11 is 0. The molecule has 31 heavy (non-hydrogen) atoms. The van der Waals surface area contributed by atoms with E-state index in [2.05, 4.69) is 13.8 Å². The molecule has 1 atom stereocenters. The number of para-hydroxylation sites is 1. The largest absolute Gasteiger partial charge is 0.496 e. The van der Waals surface area contributed by atoms with Crippen molar-refractivity contribution in [3.63, 3.8) is 0 Å². The molecule has 1 fully saturated rings. The zero-order valence-corrected chi connectivity index (χ0v) is 19.4. The van der Waals surface area contributed by atoms with E-state index in [-0.39, 0.29) is 5.91 Å². The third-order valence-corrected chi connectivity index (χ3v) is 8.00. The molecule has 1 saturated heterocycles. The van der Waals surface area contributed by atoms with Gasteiger partial charge in [0.2, 0.25) is 15.9 Å². The topological polar surface area (TPSA) is 66.9 Å². The van der Waals surface area contributed by atoms with Crippen LogP contribution in [0.2, 0.25) is 0 Å². The number of sulfonamides is 1. The van der Waals surface area contributed by atoms with Crippen molar-refractivity contribution in [3.8, 4) is 5.75 Å². The molecule has 1 amide bonds. The van der Waals surface area contributed by atoms with Crippen molar-refractivity contribution in [1.29, 1.82) is 0 Å². The molecular weight excluding hydrogens is 412 g/mol. The number of ether oxygens (including phenoxy) is 1. The van der Waals surface area contributed by atoms with Crippen molar-refractivity contribution < 1.29 is 17.9 Å². The number of methoxy groups -OCH3 is 1. The molecule has 0 saturated carbocycles. The fourth-order valence-electron chi connectivity index (χ4n) is 3.84. The number of piperazine rings is 1. The first kappa shape index (κ1) is 23.3. The van der Waals surface area contributed by atoms with Crippen LogP contribution < -0.4 is 4.74 Å². The number of hydrogen-bond donors (Lipinski definition) is 0. The van der Waals surface area contributed by atoms with Gasteiger partial charge < -0.3 is 9.64 Å². The maximum atomic E-state index is 13.0. The summed E-state index contributed by atoms with van der Waals surface area (Å²) in [5, 5.41) is 0. The minimum Gasteiger partial charge on any atom is -0.496 e. The summed E-state index contributed by atoms with van der Waals surface area (Å²) in [6.07, 6.45) is 1.99. The highest BCUT2D eigenvalue weighted by Gasteiger charge is 2.30. The Bertz CT molecular complexity index is 981. The van der Waals surface area contributed by atoms with E-state index in [4.69, 9.17) is 4.74 Å². The van der Waals surface area contributed by atoms with Gasteiger partial charge in [0.05, 0.1) is 12.0 Å². The first-order chi connectivity index (χ1) is 14.9. The van der Waals surface area contributed by atoms with Gasteiger partial charge in [0.1, 0.15) is 5.75 Å². The molecule has 1 heterocycles. The molecule has 0 aliphatic carbocycles. The lowest BCUT2D eigenvalue weighted by molar-refractivity contribution is -0.132. The van der Waals surface area contributed by atoms with Gasteiger partial charge in [0.25, 0.3) is 0 Å². The number of carbonyl (C=O) groups is 1. The molecular formula is C24H32N2O4S. The quantitative estimate of drug-likeness (QED) is 0.623. The molecule has 0 radical (unpaired) electrons. The highest BCUT2D eigenvalue weighted by molar-refractivity contribution is 7.89. The van der Waals surface area contributed by atoms with E-state index < -0.39 is 10.0 Å². The SMILES string of the molecule is CCC(C)c1ccc(S(=O)(=O)N2CCN(C(=O)CCc3ccccc3OC)CC2)cc1. The standard InChI is InChI=1S/C24H32N2O4S/c1-4-19(2)20-9-12-22(13-10-20)31(28,29)26-17-15-25(16-18-26)24(27)14-11-21-7-5-6-8-23(21)30-3/h5-10,12-13,19H,4,11,14-18H2,1-3H3. The van der Waals surface area contributed by atoms with Gasteiger partial charge in [-0.1, -0.05) is 44.2 Å². The van der Waals surface area contributed by atoms with Crippen LogP contribution in [0.15, 0.2) is 53.4 Å². The normalized spacial score (nSPS) is 16.2. The first-order valence-corrected chi connectivity index (χ1v) is 12.3. The summed E-state index contributed by atoms with van der Waals surface area (Å²) in [5.41, 5.74) is 2.15. The number of carbonyl (C=O) groups excluding carboxylic acids is 1. The Morgan fingerprint density at radius 2 is 1.68 bits per heavy atom. The lowest BCUT2D eigenvalue weighted by atomic mass is 9.99. The van der Waals surface area contributed by atoms with Gasteiger partial charge in [-0.3, -0.25) is 4.79 Å². The van der Waals surface area contributed by atoms with E-state index in [0.29, 0.717) is 49.8 Å². The average molecular weight is 445 g/mol. The van der Waals surface area contributed by atoms with Crippen LogP contribution in [-0.2, 0) is 21.2 Å². The van der Waals surface area contributed by atoms with Gasteiger partial charge in [-0.2, -0.15) is 4.31 Å². The van der Waals surface area contributed by atoms with Gasteiger partial charge in [-0.25, -0.2) is 8.42 Å². The maximum Gasteiger partial charge on any atom is 0.243 e. The van der Waals surface area contributed by atoms with E-state index >= 15 is 0 Å². The molecule has 2 aromatic rings. The van der Waals surface area contributed by atoms with Crippen LogP contribution in [0, 0.1) is 0 Å². The Hall–Kier alpha value is -2.38. The minimum absolute atomic E-state index is 0.0425. The van der Waals surface area contributed by atoms with Crippen LogP contribution in [-0.4, -0.2) is 56.8 Å². The Labute approximate surface area is 185 Å². The number of benzene rings is 2. The third kappa shape index (κ3) is 5.46. The molecule has 1 aliphatic heterocycles. The maximum absolute atomic E-state index is 13.0. The Kier molecular flexibility index (Phi) is 7.73. The second-order valence-corrected chi connectivity index (χ2v) is 9.91. The van der Waals surface area contributed by atoms with Crippen molar-refractivity contribution >= 4 is 15.9 Å². The summed E-state index contributed by atoms with van der Waals surface area (Å²) < 4.78 is 32.8. The van der Waals surface area contributed by atoms with Crippen molar-refractivity contribution in [2.75, 3.05) is 33.3 Å². The minimum atomic E-state index is -3.55.